The average molecular weight is 413 g/mol. The summed E-state index contributed by atoms with van der Waals surface area (Å²) in [4.78, 5) is 31.3. The number of nitrogens with zero attached hydrogens (tertiary/aromatic N) is 2. The molecule has 156 valence electrons. The Hall–Kier alpha value is -3.69. The molecule has 0 bridgehead atoms. The van der Waals surface area contributed by atoms with Crippen molar-refractivity contribution in [1.29, 1.82) is 0 Å². The molecule has 2 aromatic heterocycles. The van der Waals surface area contributed by atoms with Gasteiger partial charge in [0.2, 0.25) is 17.6 Å². The van der Waals surface area contributed by atoms with Crippen LogP contribution in [0.25, 0.3) is 11.0 Å². The quantitative estimate of drug-likeness (QED) is 0.526. The van der Waals surface area contributed by atoms with E-state index in [1.54, 1.807) is 24.3 Å². The van der Waals surface area contributed by atoms with Gasteiger partial charge in [-0.2, -0.15) is 4.98 Å². The fourth-order valence-electron chi connectivity index (χ4n) is 3.63. The number of benzene rings is 1. The van der Waals surface area contributed by atoms with E-state index in [1.165, 1.54) is 7.11 Å². The van der Waals surface area contributed by atoms with Crippen molar-refractivity contribution < 1.29 is 23.1 Å². The molecule has 3 aromatic rings. The lowest BCUT2D eigenvalue weighted by Gasteiger charge is -2.19. The molecule has 0 spiro atoms. The Balaban J connectivity index is 1.54. The molecule has 2 heterocycles. The number of ether oxygens (including phenoxy) is 1. The third-order valence-electron chi connectivity index (χ3n) is 5.11. The zero-order chi connectivity index (χ0) is 21.3. The van der Waals surface area contributed by atoms with Crippen LogP contribution in [0.5, 0.6) is 0 Å². The molecule has 10 heteroatoms. The molecule has 0 radical (unpaired) electrons. The minimum atomic E-state index is -0.622. The highest BCUT2D eigenvalue weighted by atomic mass is 19.1. The monoisotopic (exact) mass is 413 g/mol. The number of aromatic nitrogens is 2. The smallest absolute Gasteiger partial charge is 0.373 e. The highest BCUT2D eigenvalue weighted by molar-refractivity contribution is 5.93. The lowest BCUT2D eigenvalue weighted by Crippen LogP contribution is -2.34. The maximum absolute atomic E-state index is 14.2. The highest BCUT2D eigenvalue weighted by Crippen LogP contribution is 2.29. The molecule has 4 rings (SSSR count). The SMILES string of the molecule is COC(=O)c1cc2cc(Nc3ncc(F)c(N[C@@H]4CCC[C@@H]4C(N)=O)n3)ccc2o1. The number of fused-ring (bicyclic) bond motifs is 1. The summed E-state index contributed by atoms with van der Waals surface area (Å²) in [6.45, 7) is 0. The Morgan fingerprint density at radius 2 is 2.13 bits per heavy atom. The number of anilines is 3. The second-order valence-electron chi connectivity index (χ2n) is 7.06. The first-order valence-corrected chi connectivity index (χ1v) is 9.42. The molecule has 1 amide bonds. The number of primary amides is 1. The molecule has 0 unspecified atom stereocenters. The van der Waals surface area contributed by atoms with Crippen LogP contribution < -0.4 is 16.4 Å². The molecule has 9 nitrogen and oxygen atoms in total. The summed E-state index contributed by atoms with van der Waals surface area (Å²) in [5, 5.41) is 6.66. The second kappa shape index (κ2) is 7.97. The number of amides is 1. The fraction of sp³-hybridized carbons (Fsp3) is 0.300. The van der Waals surface area contributed by atoms with Gasteiger partial charge in [-0.25, -0.2) is 14.2 Å². The molecule has 0 aliphatic heterocycles. The minimum absolute atomic E-state index is 0.00279. The van der Waals surface area contributed by atoms with Crippen molar-refractivity contribution in [2.45, 2.75) is 25.3 Å². The van der Waals surface area contributed by atoms with E-state index < -0.39 is 17.7 Å². The van der Waals surface area contributed by atoms with Crippen LogP contribution in [0.4, 0.5) is 21.8 Å². The van der Waals surface area contributed by atoms with Gasteiger partial charge in [-0.05, 0) is 37.1 Å². The van der Waals surface area contributed by atoms with E-state index in [1.807, 2.05) is 0 Å². The van der Waals surface area contributed by atoms with Gasteiger partial charge in [0.25, 0.3) is 0 Å². The number of methoxy groups -OCH3 is 1. The maximum Gasteiger partial charge on any atom is 0.373 e. The van der Waals surface area contributed by atoms with Crippen LogP contribution in [0.2, 0.25) is 0 Å². The van der Waals surface area contributed by atoms with Crippen molar-refractivity contribution >= 4 is 40.3 Å². The van der Waals surface area contributed by atoms with Crippen LogP contribution in [0.15, 0.2) is 34.9 Å². The summed E-state index contributed by atoms with van der Waals surface area (Å²) in [5.41, 5.74) is 6.57. The van der Waals surface area contributed by atoms with Crippen LogP contribution in [0.1, 0.15) is 29.8 Å². The molecule has 1 saturated carbocycles. The van der Waals surface area contributed by atoms with Gasteiger partial charge < -0.3 is 25.5 Å². The Labute approximate surface area is 170 Å². The first-order valence-electron chi connectivity index (χ1n) is 9.42. The highest BCUT2D eigenvalue weighted by Gasteiger charge is 2.32. The van der Waals surface area contributed by atoms with Gasteiger partial charge >= 0.3 is 5.97 Å². The number of furan rings is 1. The molecule has 4 N–H and O–H groups in total. The minimum Gasteiger partial charge on any atom is -0.463 e. The van der Waals surface area contributed by atoms with Gasteiger partial charge in [0.1, 0.15) is 5.58 Å². The van der Waals surface area contributed by atoms with E-state index in [2.05, 4.69) is 25.3 Å². The van der Waals surface area contributed by atoms with Crippen LogP contribution in [0, 0.1) is 11.7 Å². The second-order valence-corrected chi connectivity index (χ2v) is 7.06. The van der Waals surface area contributed by atoms with Crippen molar-refractivity contribution in [3.8, 4) is 0 Å². The topological polar surface area (TPSA) is 132 Å². The van der Waals surface area contributed by atoms with Crippen molar-refractivity contribution in [3.63, 3.8) is 0 Å². The van der Waals surface area contributed by atoms with E-state index in [4.69, 9.17) is 10.2 Å². The summed E-state index contributed by atoms with van der Waals surface area (Å²) in [5.74, 6) is -1.69. The molecule has 30 heavy (non-hydrogen) atoms. The summed E-state index contributed by atoms with van der Waals surface area (Å²) >= 11 is 0. The number of carbonyl (C=O) groups excluding carboxylic acids is 2. The number of nitrogens with one attached hydrogen (secondary N) is 2. The van der Waals surface area contributed by atoms with Crippen LogP contribution in [-0.4, -0.2) is 35.0 Å². The van der Waals surface area contributed by atoms with Crippen LogP contribution in [-0.2, 0) is 9.53 Å². The standard InChI is InChI=1S/C20H20FN5O4/c1-29-19(28)16-8-10-7-11(5-6-15(10)30-16)24-20-23-9-13(21)18(26-20)25-14-4-2-3-12(14)17(22)27/h5-9,12,14H,2-4H2,1H3,(H2,22,27)(H2,23,24,25,26)/t12-,14+/m0/s1. The van der Waals surface area contributed by atoms with Gasteiger partial charge in [-0.1, -0.05) is 6.42 Å². The third kappa shape index (κ3) is 3.88. The summed E-state index contributed by atoms with van der Waals surface area (Å²) in [7, 11) is 1.28. The van der Waals surface area contributed by atoms with E-state index in [0.717, 1.165) is 12.6 Å². The number of nitrogens with two attached hydrogens (primary N) is 1. The molecule has 1 aromatic carbocycles. The maximum atomic E-state index is 14.2. The predicted octanol–water partition coefficient (Wildman–Crippen LogP) is 2.96. The van der Waals surface area contributed by atoms with Crippen molar-refractivity contribution in [3.05, 3.63) is 42.0 Å². The van der Waals surface area contributed by atoms with Crippen molar-refractivity contribution in [1.82, 2.24) is 9.97 Å². The van der Waals surface area contributed by atoms with Gasteiger partial charge in [-0.3, -0.25) is 4.79 Å². The number of rotatable bonds is 6. The first kappa shape index (κ1) is 19.6. The van der Waals surface area contributed by atoms with Crippen LogP contribution >= 0.6 is 0 Å². The van der Waals surface area contributed by atoms with E-state index >= 15 is 0 Å². The molecular weight excluding hydrogens is 393 g/mol. The zero-order valence-electron chi connectivity index (χ0n) is 16.1. The van der Waals surface area contributed by atoms with Crippen molar-refractivity contribution in [2.24, 2.45) is 11.7 Å². The fourth-order valence-corrected chi connectivity index (χ4v) is 3.63. The number of hydrogen-bond acceptors (Lipinski definition) is 8. The Kier molecular flexibility index (Phi) is 5.21. The molecule has 1 aliphatic carbocycles. The van der Waals surface area contributed by atoms with E-state index in [0.29, 0.717) is 29.5 Å². The lowest BCUT2D eigenvalue weighted by atomic mass is 10.0. The number of esters is 1. The predicted molar refractivity (Wildman–Crippen MR) is 107 cm³/mol. The number of halogens is 1. The van der Waals surface area contributed by atoms with Gasteiger partial charge in [0.15, 0.2) is 11.6 Å². The normalized spacial score (nSPS) is 18.3. The van der Waals surface area contributed by atoms with Crippen LogP contribution in [0.3, 0.4) is 0 Å². The summed E-state index contributed by atoms with van der Waals surface area (Å²) < 4.78 is 24.3. The largest absolute Gasteiger partial charge is 0.463 e. The van der Waals surface area contributed by atoms with E-state index in [-0.39, 0.29) is 29.5 Å². The zero-order valence-corrected chi connectivity index (χ0v) is 16.1. The average Bonchev–Trinajstić information content (AvgIpc) is 3.36. The summed E-state index contributed by atoms with van der Waals surface area (Å²) in [6, 6.07) is 6.44. The number of carbonyl (C=O) groups is 2. The first-order chi connectivity index (χ1) is 14.4. The lowest BCUT2D eigenvalue weighted by molar-refractivity contribution is -0.121. The van der Waals surface area contributed by atoms with Gasteiger partial charge in [-0.15, -0.1) is 0 Å². The Morgan fingerprint density at radius 1 is 1.30 bits per heavy atom. The van der Waals surface area contributed by atoms with Gasteiger partial charge in [0.05, 0.1) is 19.2 Å². The Morgan fingerprint density at radius 3 is 2.90 bits per heavy atom. The molecule has 0 saturated heterocycles. The molecular formula is C20H20FN5O4. The molecule has 2 atom stereocenters. The molecule has 1 fully saturated rings. The molecule has 1 aliphatic rings. The van der Waals surface area contributed by atoms with Gasteiger partial charge in [0, 0.05) is 17.1 Å². The summed E-state index contributed by atoms with van der Waals surface area (Å²) in [6.07, 6.45) is 3.27. The Bertz CT molecular complexity index is 1120. The number of hydrogen-bond donors (Lipinski definition) is 3. The van der Waals surface area contributed by atoms with E-state index in [9.17, 15) is 14.0 Å². The third-order valence-corrected chi connectivity index (χ3v) is 5.11. The van der Waals surface area contributed by atoms with Crippen molar-refractivity contribution in [2.75, 3.05) is 17.7 Å².